The number of carbonyl (C=O) groups excluding carboxylic acids is 1. The Balaban J connectivity index is 1.41. The lowest BCUT2D eigenvalue weighted by Gasteiger charge is -2.40. The van der Waals surface area contributed by atoms with Gasteiger partial charge in [-0.3, -0.25) is 14.2 Å². The Morgan fingerprint density at radius 1 is 1.12 bits per heavy atom. The third-order valence-electron chi connectivity index (χ3n) is 5.65. The smallest absolute Gasteiger partial charge is 0.308 e. The van der Waals surface area contributed by atoms with Crippen molar-refractivity contribution in [1.82, 2.24) is 14.4 Å². The fourth-order valence-corrected chi connectivity index (χ4v) is 5.22. The van der Waals surface area contributed by atoms with Crippen LogP contribution < -0.4 is 4.87 Å². The lowest BCUT2D eigenvalue weighted by molar-refractivity contribution is -0.133. The highest BCUT2D eigenvalue weighted by Gasteiger charge is 2.28. The Kier molecular flexibility index (Phi) is 5.34. The molecule has 2 aliphatic heterocycles. The van der Waals surface area contributed by atoms with Crippen molar-refractivity contribution >= 4 is 39.1 Å². The number of piperidine rings is 2. The van der Waals surface area contributed by atoms with E-state index in [1.807, 2.05) is 11.0 Å². The highest BCUT2D eigenvalue weighted by molar-refractivity contribution is 7.16. The minimum absolute atomic E-state index is 0.0314. The van der Waals surface area contributed by atoms with Gasteiger partial charge in [-0.1, -0.05) is 29.4 Å². The molecule has 2 saturated heterocycles. The first-order valence-electron chi connectivity index (χ1n) is 9.42. The molecule has 0 saturated carbocycles. The Morgan fingerprint density at radius 2 is 1.85 bits per heavy atom. The van der Waals surface area contributed by atoms with Crippen molar-refractivity contribution < 1.29 is 4.79 Å². The van der Waals surface area contributed by atoms with Gasteiger partial charge in [0.2, 0.25) is 5.91 Å². The third kappa shape index (κ3) is 3.68. The van der Waals surface area contributed by atoms with Gasteiger partial charge in [0, 0.05) is 24.2 Å². The van der Waals surface area contributed by atoms with Gasteiger partial charge in [-0.25, -0.2) is 0 Å². The fourth-order valence-electron chi connectivity index (χ4n) is 4.18. The number of nitrogens with zero attached hydrogens (tertiary/aromatic N) is 3. The second-order valence-corrected chi connectivity index (χ2v) is 8.70. The average Bonchev–Trinajstić information content (AvgIpc) is 2.97. The summed E-state index contributed by atoms with van der Waals surface area (Å²) in [5, 5.41) is 0.582. The Hall–Kier alpha value is -1.37. The highest BCUT2D eigenvalue weighted by Crippen LogP contribution is 2.23. The summed E-state index contributed by atoms with van der Waals surface area (Å²) in [7, 11) is 0. The van der Waals surface area contributed by atoms with Gasteiger partial charge in [0.15, 0.2) is 0 Å². The van der Waals surface area contributed by atoms with Crippen LogP contribution in [0.15, 0.2) is 23.0 Å². The number of benzene rings is 1. The standard InChI is InChI=1S/C19H24ClN3O2S/c20-14-4-5-17-16(12-14)23(19(25)26-17)13-18(24)22-10-6-15(7-11-22)21-8-2-1-3-9-21/h4-5,12,15H,1-3,6-11,13H2. The molecule has 2 fully saturated rings. The van der Waals surface area contributed by atoms with Crippen molar-refractivity contribution in [3.8, 4) is 0 Å². The van der Waals surface area contributed by atoms with Crippen LogP contribution in [-0.2, 0) is 11.3 Å². The van der Waals surface area contributed by atoms with Gasteiger partial charge in [0.05, 0.1) is 10.2 Å². The van der Waals surface area contributed by atoms with Crippen molar-refractivity contribution in [3.63, 3.8) is 0 Å². The normalized spacial score (nSPS) is 20.0. The molecule has 4 rings (SSSR count). The molecule has 5 nitrogen and oxygen atoms in total. The van der Waals surface area contributed by atoms with Gasteiger partial charge < -0.3 is 9.80 Å². The van der Waals surface area contributed by atoms with Crippen LogP contribution in [0.4, 0.5) is 0 Å². The zero-order valence-corrected chi connectivity index (χ0v) is 16.4. The number of likely N-dealkylation sites (tertiary alicyclic amines) is 2. The van der Waals surface area contributed by atoms with Gasteiger partial charge in [-0.05, 0) is 57.0 Å². The molecule has 0 spiro atoms. The van der Waals surface area contributed by atoms with Crippen molar-refractivity contribution in [1.29, 1.82) is 0 Å². The number of thiazole rings is 1. The van der Waals surface area contributed by atoms with Crippen LogP contribution in [0.25, 0.3) is 10.2 Å². The maximum atomic E-state index is 12.8. The molecule has 0 unspecified atom stereocenters. The van der Waals surface area contributed by atoms with E-state index >= 15 is 0 Å². The topological polar surface area (TPSA) is 45.6 Å². The van der Waals surface area contributed by atoms with E-state index in [-0.39, 0.29) is 17.3 Å². The molecule has 2 aromatic rings. The molecule has 7 heteroatoms. The summed E-state index contributed by atoms with van der Waals surface area (Å²) in [6, 6.07) is 6.00. The fraction of sp³-hybridized carbons (Fsp3) is 0.579. The van der Waals surface area contributed by atoms with E-state index in [0.717, 1.165) is 36.1 Å². The Labute approximate surface area is 162 Å². The van der Waals surface area contributed by atoms with Gasteiger partial charge in [0.1, 0.15) is 6.54 Å². The van der Waals surface area contributed by atoms with E-state index in [0.29, 0.717) is 11.1 Å². The summed E-state index contributed by atoms with van der Waals surface area (Å²) in [5.41, 5.74) is 0.754. The van der Waals surface area contributed by atoms with Crippen LogP contribution in [0.3, 0.4) is 0 Å². The maximum absolute atomic E-state index is 12.8. The maximum Gasteiger partial charge on any atom is 0.308 e. The molecule has 1 aromatic carbocycles. The molecular formula is C19H24ClN3O2S. The summed E-state index contributed by atoms with van der Waals surface area (Å²) in [6.07, 6.45) is 6.03. The summed E-state index contributed by atoms with van der Waals surface area (Å²) in [6.45, 7) is 4.09. The zero-order valence-electron chi connectivity index (χ0n) is 14.8. The van der Waals surface area contributed by atoms with Crippen LogP contribution in [0.2, 0.25) is 5.02 Å². The predicted octanol–water partition coefficient (Wildman–Crippen LogP) is 3.19. The number of amides is 1. The second kappa shape index (κ2) is 7.71. The van der Waals surface area contributed by atoms with E-state index in [2.05, 4.69) is 4.90 Å². The summed E-state index contributed by atoms with van der Waals surface area (Å²) < 4.78 is 2.43. The minimum atomic E-state index is -0.0983. The third-order valence-corrected chi connectivity index (χ3v) is 6.84. The van der Waals surface area contributed by atoms with Crippen molar-refractivity contribution in [3.05, 3.63) is 32.9 Å². The lowest BCUT2D eigenvalue weighted by Crippen LogP contribution is -2.49. The van der Waals surface area contributed by atoms with E-state index in [1.54, 1.807) is 16.7 Å². The lowest BCUT2D eigenvalue weighted by atomic mass is 10.00. The number of carbonyl (C=O) groups is 1. The first kappa shape index (κ1) is 18.0. The molecule has 140 valence electrons. The molecule has 3 heterocycles. The monoisotopic (exact) mass is 393 g/mol. The van der Waals surface area contributed by atoms with E-state index in [9.17, 15) is 9.59 Å². The zero-order chi connectivity index (χ0) is 18.1. The first-order valence-corrected chi connectivity index (χ1v) is 10.6. The van der Waals surface area contributed by atoms with Crippen LogP contribution in [-0.4, -0.2) is 52.5 Å². The van der Waals surface area contributed by atoms with Crippen LogP contribution in [0.1, 0.15) is 32.1 Å². The molecule has 1 amide bonds. The number of hydrogen-bond acceptors (Lipinski definition) is 4. The van der Waals surface area contributed by atoms with E-state index in [4.69, 9.17) is 11.6 Å². The van der Waals surface area contributed by atoms with Crippen molar-refractivity contribution in [2.75, 3.05) is 26.2 Å². The van der Waals surface area contributed by atoms with Gasteiger partial charge in [-0.2, -0.15) is 0 Å². The minimum Gasteiger partial charge on any atom is -0.341 e. The SMILES string of the molecule is O=C(Cn1c(=O)sc2ccc(Cl)cc21)N1CCC(N2CCCCC2)CC1. The van der Waals surface area contributed by atoms with Crippen LogP contribution in [0, 0.1) is 0 Å². The molecule has 0 N–H and O–H groups in total. The average molecular weight is 394 g/mol. The van der Waals surface area contributed by atoms with Crippen LogP contribution >= 0.6 is 22.9 Å². The highest BCUT2D eigenvalue weighted by atomic mass is 35.5. The number of aromatic nitrogens is 1. The molecule has 0 radical (unpaired) electrons. The van der Waals surface area contributed by atoms with E-state index in [1.165, 1.54) is 43.7 Å². The number of hydrogen-bond donors (Lipinski definition) is 0. The number of halogens is 1. The first-order chi connectivity index (χ1) is 12.6. The Morgan fingerprint density at radius 3 is 2.58 bits per heavy atom. The summed E-state index contributed by atoms with van der Waals surface area (Å²) in [5.74, 6) is 0.0314. The predicted molar refractivity (Wildman–Crippen MR) is 106 cm³/mol. The van der Waals surface area contributed by atoms with E-state index < -0.39 is 0 Å². The second-order valence-electron chi connectivity index (χ2n) is 7.27. The van der Waals surface area contributed by atoms with Crippen molar-refractivity contribution in [2.45, 2.75) is 44.7 Å². The molecule has 0 bridgehead atoms. The van der Waals surface area contributed by atoms with Gasteiger partial charge >= 0.3 is 4.87 Å². The summed E-state index contributed by atoms with van der Waals surface area (Å²) in [4.78, 5) is 29.5. The van der Waals surface area contributed by atoms with Gasteiger partial charge in [0.25, 0.3) is 0 Å². The molecule has 1 aromatic heterocycles. The largest absolute Gasteiger partial charge is 0.341 e. The molecule has 0 aliphatic carbocycles. The van der Waals surface area contributed by atoms with Crippen molar-refractivity contribution in [2.24, 2.45) is 0 Å². The van der Waals surface area contributed by atoms with Crippen LogP contribution in [0.5, 0.6) is 0 Å². The molecule has 26 heavy (non-hydrogen) atoms. The summed E-state index contributed by atoms with van der Waals surface area (Å²) >= 11 is 7.23. The molecule has 0 atom stereocenters. The molecular weight excluding hydrogens is 370 g/mol. The molecule has 2 aliphatic rings. The quantitative estimate of drug-likeness (QED) is 0.804. The Bertz CT molecular complexity index is 848. The number of rotatable bonds is 3. The number of fused-ring (bicyclic) bond motifs is 1. The van der Waals surface area contributed by atoms with Gasteiger partial charge in [-0.15, -0.1) is 0 Å².